The van der Waals surface area contributed by atoms with E-state index in [-0.39, 0.29) is 17.7 Å². The highest BCUT2D eigenvalue weighted by Crippen LogP contribution is 2.24. The largest absolute Gasteiger partial charge is 0.383 e. The average molecular weight is 334 g/mol. The fourth-order valence-electron chi connectivity index (χ4n) is 2.16. The first-order valence-electron chi connectivity index (χ1n) is 7.55. The molecule has 0 radical (unpaired) electrons. The Balaban J connectivity index is 2.06. The zero-order valence-corrected chi connectivity index (χ0v) is 14.4. The molecule has 1 atom stereocenters. The molecule has 0 aliphatic heterocycles. The predicted octanol–water partition coefficient (Wildman–Crippen LogP) is 2.30. The van der Waals surface area contributed by atoms with E-state index in [1.807, 2.05) is 38.1 Å². The number of carbonyl (C=O) groups excluding carboxylic acids is 1. The van der Waals surface area contributed by atoms with Gasteiger partial charge in [-0.3, -0.25) is 4.79 Å². The fourth-order valence-corrected chi connectivity index (χ4v) is 2.82. The quantitative estimate of drug-likeness (QED) is 0.570. The van der Waals surface area contributed by atoms with Crippen molar-refractivity contribution in [3.05, 3.63) is 24.3 Å². The summed E-state index contributed by atoms with van der Waals surface area (Å²) in [6.07, 6.45) is 0. The highest BCUT2D eigenvalue weighted by atomic mass is 32.2. The minimum atomic E-state index is -0.0543. The third kappa shape index (κ3) is 5.07. The molecule has 1 unspecified atom stereocenters. The lowest BCUT2D eigenvalue weighted by molar-refractivity contribution is -0.119. The maximum absolute atomic E-state index is 11.9. The molecule has 0 spiro atoms. The van der Waals surface area contributed by atoms with Crippen molar-refractivity contribution in [2.45, 2.75) is 25.0 Å². The van der Waals surface area contributed by atoms with Crippen molar-refractivity contribution in [2.24, 2.45) is 0 Å². The van der Waals surface area contributed by atoms with Crippen molar-refractivity contribution in [2.75, 3.05) is 31.3 Å². The Morgan fingerprint density at radius 1 is 1.35 bits per heavy atom. The molecule has 1 aromatic carbocycles. The number of para-hydroxylation sites is 1. The molecule has 2 rings (SSSR count). The lowest BCUT2D eigenvalue weighted by Crippen LogP contribution is -2.36. The van der Waals surface area contributed by atoms with Crippen molar-refractivity contribution in [3.8, 4) is 0 Å². The van der Waals surface area contributed by atoms with Gasteiger partial charge < -0.3 is 15.4 Å². The normalized spacial score (nSPS) is 12.1. The summed E-state index contributed by atoms with van der Waals surface area (Å²) in [5, 5.41) is 7.69. The molecular formula is C16H22N4O2S. The monoisotopic (exact) mass is 334 g/mol. The second-order valence-corrected chi connectivity index (χ2v) is 6.06. The van der Waals surface area contributed by atoms with Gasteiger partial charge in [-0.25, -0.2) is 9.97 Å². The van der Waals surface area contributed by atoms with Gasteiger partial charge in [0.05, 0.1) is 17.9 Å². The molecule has 1 amide bonds. The number of nitrogens with one attached hydrogen (secondary N) is 2. The summed E-state index contributed by atoms with van der Waals surface area (Å²) in [7, 11) is 1.61. The van der Waals surface area contributed by atoms with Gasteiger partial charge >= 0.3 is 0 Å². The zero-order valence-electron chi connectivity index (χ0n) is 13.6. The minimum Gasteiger partial charge on any atom is -0.383 e. The van der Waals surface area contributed by atoms with E-state index in [0.29, 0.717) is 11.8 Å². The number of benzene rings is 1. The number of hydrogen-bond acceptors (Lipinski definition) is 6. The molecule has 23 heavy (non-hydrogen) atoms. The molecule has 2 N–H and O–H groups in total. The maximum atomic E-state index is 11.9. The summed E-state index contributed by atoms with van der Waals surface area (Å²) >= 11 is 1.33. The smallest absolute Gasteiger partial charge is 0.230 e. The SMILES string of the molecule is CCNc1nc(SCC(=O)NC(C)COC)nc2ccccc12. The predicted molar refractivity (Wildman–Crippen MR) is 93.9 cm³/mol. The summed E-state index contributed by atoms with van der Waals surface area (Å²) < 4.78 is 5.00. The van der Waals surface area contributed by atoms with Gasteiger partial charge in [0.2, 0.25) is 5.91 Å². The molecule has 1 heterocycles. The lowest BCUT2D eigenvalue weighted by Gasteiger charge is -2.12. The minimum absolute atomic E-state index is 0.0112. The fraction of sp³-hybridized carbons (Fsp3) is 0.438. The maximum Gasteiger partial charge on any atom is 0.230 e. The number of ether oxygens (including phenoxy) is 1. The second kappa shape index (κ2) is 8.69. The van der Waals surface area contributed by atoms with E-state index in [1.165, 1.54) is 11.8 Å². The molecule has 0 saturated heterocycles. The van der Waals surface area contributed by atoms with Crippen LogP contribution in [0.25, 0.3) is 10.9 Å². The van der Waals surface area contributed by atoms with E-state index in [4.69, 9.17) is 4.74 Å². The van der Waals surface area contributed by atoms with Crippen LogP contribution in [0.15, 0.2) is 29.4 Å². The van der Waals surface area contributed by atoms with Gasteiger partial charge in [0.1, 0.15) is 5.82 Å². The van der Waals surface area contributed by atoms with Gasteiger partial charge in [-0.2, -0.15) is 0 Å². The van der Waals surface area contributed by atoms with Crippen molar-refractivity contribution in [1.82, 2.24) is 15.3 Å². The summed E-state index contributed by atoms with van der Waals surface area (Å²) in [5.41, 5.74) is 0.870. The Kier molecular flexibility index (Phi) is 6.61. The Hall–Kier alpha value is -1.86. The van der Waals surface area contributed by atoms with Gasteiger partial charge in [0, 0.05) is 25.1 Å². The van der Waals surface area contributed by atoms with Crippen LogP contribution in [0.1, 0.15) is 13.8 Å². The van der Waals surface area contributed by atoms with Crippen LogP contribution in [-0.4, -0.2) is 47.9 Å². The van der Waals surface area contributed by atoms with Gasteiger partial charge in [0.25, 0.3) is 0 Å². The van der Waals surface area contributed by atoms with E-state index < -0.39 is 0 Å². The van der Waals surface area contributed by atoms with Crippen LogP contribution < -0.4 is 10.6 Å². The van der Waals surface area contributed by atoms with Crippen LogP contribution in [0, 0.1) is 0 Å². The third-order valence-corrected chi connectivity index (χ3v) is 3.93. The lowest BCUT2D eigenvalue weighted by atomic mass is 10.2. The van der Waals surface area contributed by atoms with E-state index >= 15 is 0 Å². The van der Waals surface area contributed by atoms with E-state index in [0.717, 1.165) is 23.3 Å². The molecule has 0 saturated carbocycles. The van der Waals surface area contributed by atoms with Crippen LogP contribution >= 0.6 is 11.8 Å². The number of carbonyl (C=O) groups is 1. The Bertz CT molecular complexity index is 666. The molecule has 0 bridgehead atoms. The highest BCUT2D eigenvalue weighted by Gasteiger charge is 2.11. The van der Waals surface area contributed by atoms with Crippen LogP contribution in [-0.2, 0) is 9.53 Å². The van der Waals surface area contributed by atoms with Gasteiger partial charge in [-0.15, -0.1) is 0 Å². The van der Waals surface area contributed by atoms with E-state index in [9.17, 15) is 4.79 Å². The number of hydrogen-bond donors (Lipinski definition) is 2. The number of methoxy groups -OCH3 is 1. The number of amides is 1. The number of rotatable bonds is 8. The number of thioether (sulfide) groups is 1. The standard InChI is InChI=1S/C16H22N4O2S/c1-4-17-15-12-7-5-6-8-13(12)19-16(20-15)23-10-14(21)18-11(2)9-22-3/h5-8,11H,4,9-10H2,1-3H3,(H,18,21)(H,17,19,20). The first kappa shape index (κ1) is 17.5. The number of fused-ring (bicyclic) bond motifs is 1. The van der Waals surface area contributed by atoms with Gasteiger partial charge in [0.15, 0.2) is 5.16 Å². The van der Waals surface area contributed by atoms with Crippen molar-refractivity contribution >= 4 is 34.4 Å². The molecule has 124 valence electrons. The molecule has 0 aliphatic rings. The average Bonchev–Trinajstić information content (AvgIpc) is 2.53. The second-order valence-electron chi connectivity index (χ2n) is 5.11. The number of nitrogens with zero attached hydrogens (tertiary/aromatic N) is 2. The van der Waals surface area contributed by atoms with Crippen molar-refractivity contribution in [1.29, 1.82) is 0 Å². The molecule has 7 heteroatoms. The summed E-state index contributed by atoms with van der Waals surface area (Å²) in [6.45, 7) is 5.20. The topological polar surface area (TPSA) is 76.1 Å². The highest BCUT2D eigenvalue weighted by molar-refractivity contribution is 7.99. The molecular weight excluding hydrogens is 312 g/mol. The Labute approximate surface area is 140 Å². The molecule has 1 aromatic heterocycles. The molecule has 6 nitrogen and oxygen atoms in total. The zero-order chi connectivity index (χ0) is 16.7. The number of aromatic nitrogens is 2. The first-order valence-corrected chi connectivity index (χ1v) is 8.54. The molecule has 0 aliphatic carbocycles. The van der Waals surface area contributed by atoms with Gasteiger partial charge in [-0.05, 0) is 26.0 Å². The van der Waals surface area contributed by atoms with E-state index in [1.54, 1.807) is 7.11 Å². The summed E-state index contributed by atoms with van der Waals surface area (Å²) in [5.74, 6) is 1.02. The summed E-state index contributed by atoms with van der Waals surface area (Å²) in [6, 6.07) is 7.83. The van der Waals surface area contributed by atoms with Crippen molar-refractivity contribution in [3.63, 3.8) is 0 Å². The Morgan fingerprint density at radius 2 is 2.13 bits per heavy atom. The van der Waals surface area contributed by atoms with Crippen LogP contribution in [0.4, 0.5) is 5.82 Å². The van der Waals surface area contributed by atoms with Crippen LogP contribution in [0.5, 0.6) is 0 Å². The Morgan fingerprint density at radius 3 is 2.87 bits per heavy atom. The molecule has 0 fully saturated rings. The van der Waals surface area contributed by atoms with Crippen LogP contribution in [0.2, 0.25) is 0 Å². The van der Waals surface area contributed by atoms with E-state index in [2.05, 4.69) is 20.6 Å². The number of anilines is 1. The van der Waals surface area contributed by atoms with Gasteiger partial charge in [-0.1, -0.05) is 23.9 Å². The summed E-state index contributed by atoms with van der Waals surface area (Å²) in [4.78, 5) is 20.9. The third-order valence-electron chi connectivity index (χ3n) is 3.08. The first-order chi connectivity index (χ1) is 11.1. The molecule has 2 aromatic rings. The van der Waals surface area contributed by atoms with Crippen molar-refractivity contribution < 1.29 is 9.53 Å². The van der Waals surface area contributed by atoms with Crippen LogP contribution in [0.3, 0.4) is 0 Å².